The smallest absolute Gasteiger partial charge is 0.237 e. The lowest BCUT2D eigenvalue weighted by Crippen LogP contribution is -2.52. The van der Waals surface area contributed by atoms with Gasteiger partial charge in [-0.1, -0.05) is 87.4 Å². The van der Waals surface area contributed by atoms with Gasteiger partial charge in [0.1, 0.15) is 5.82 Å². The van der Waals surface area contributed by atoms with Gasteiger partial charge >= 0.3 is 0 Å². The molecule has 1 aliphatic rings. The number of fused-ring (bicyclic) bond motifs is 2. The molecule has 0 bridgehead atoms. The molecule has 5 rings (SSSR count). The van der Waals surface area contributed by atoms with Crippen LogP contribution in [0.4, 0.5) is 5.82 Å². The highest BCUT2D eigenvalue weighted by molar-refractivity contribution is 5.93. The highest BCUT2D eigenvalue weighted by Gasteiger charge is 2.26. The van der Waals surface area contributed by atoms with Crippen LogP contribution < -0.4 is 16.4 Å². The number of nitrogens with zero attached hydrogens (tertiary/aromatic N) is 2. The third-order valence-electron chi connectivity index (χ3n) is 9.05. The van der Waals surface area contributed by atoms with E-state index in [1.807, 2.05) is 36.4 Å². The summed E-state index contributed by atoms with van der Waals surface area (Å²) in [5, 5.41) is 10.9. The van der Waals surface area contributed by atoms with Gasteiger partial charge in [0.25, 0.3) is 0 Å². The van der Waals surface area contributed by atoms with Crippen LogP contribution in [0.3, 0.4) is 0 Å². The first-order valence-corrected chi connectivity index (χ1v) is 16.8. The predicted octanol–water partition coefficient (Wildman–Crippen LogP) is 6.22. The minimum absolute atomic E-state index is 0.0408. The third-order valence-corrected chi connectivity index (χ3v) is 9.05. The van der Waals surface area contributed by atoms with Crippen LogP contribution in [-0.2, 0) is 22.4 Å². The van der Waals surface area contributed by atoms with Crippen LogP contribution in [0.15, 0.2) is 72.9 Å². The van der Waals surface area contributed by atoms with Crippen LogP contribution in [0.2, 0.25) is 0 Å². The zero-order valence-corrected chi connectivity index (χ0v) is 26.9. The molecule has 0 unspecified atom stereocenters. The molecule has 2 heterocycles. The van der Waals surface area contributed by atoms with Crippen molar-refractivity contribution in [3.8, 4) is 0 Å². The molecular weight excluding hydrogens is 558 g/mol. The maximum atomic E-state index is 13.9. The van der Waals surface area contributed by atoms with E-state index >= 15 is 0 Å². The number of rotatable bonds is 15. The first kappa shape index (κ1) is 32.6. The number of aromatic nitrogens is 1. The molecule has 4 N–H and O–H groups in total. The van der Waals surface area contributed by atoms with Crippen LogP contribution in [0.1, 0.15) is 69.9 Å². The number of hydrogen-bond acceptors (Lipinski definition) is 6. The van der Waals surface area contributed by atoms with Crippen molar-refractivity contribution in [2.24, 2.45) is 0 Å². The summed E-state index contributed by atoms with van der Waals surface area (Å²) in [6, 6.07) is 21.6. The second-order valence-corrected chi connectivity index (χ2v) is 12.9. The Morgan fingerprint density at radius 1 is 0.889 bits per heavy atom. The molecular formula is C38H49N5O2. The number of hydrogen-bond donors (Lipinski definition) is 3. The first-order valence-electron chi connectivity index (χ1n) is 16.8. The van der Waals surface area contributed by atoms with Gasteiger partial charge in [0.15, 0.2) is 5.78 Å². The molecule has 45 heavy (non-hydrogen) atoms. The fourth-order valence-electron chi connectivity index (χ4n) is 6.62. The Balaban J connectivity index is 1.29. The number of amides is 1. The number of carbonyl (C=O) groups is 2. The maximum absolute atomic E-state index is 13.9. The Hall–Kier alpha value is -3.81. The minimum Gasteiger partial charge on any atom is -0.383 e. The van der Waals surface area contributed by atoms with E-state index in [9.17, 15) is 9.59 Å². The summed E-state index contributed by atoms with van der Waals surface area (Å²) in [6.07, 6.45) is 9.80. The fraction of sp³-hybridized carbons (Fsp3) is 0.447. The third kappa shape index (κ3) is 9.12. The predicted molar refractivity (Wildman–Crippen MR) is 185 cm³/mol. The summed E-state index contributed by atoms with van der Waals surface area (Å²) in [4.78, 5) is 34.5. The number of aryl methyl sites for hydroxylation is 1. The molecule has 238 valence electrons. The van der Waals surface area contributed by atoms with Gasteiger partial charge in [-0.15, -0.1) is 0 Å². The van der Waals surface area contributed by atoms with Gasteiger partial charge in [-0.2, -0.15) is 0 Å². The van der Waals surface area contributed by atoms with E-state index in [2.05, 4.69) is 64.7 Å². The zero-order valence-electron chi connectivity index (χ0n) is 26.9. The van der Waals surface area contributed by atoms with Crippen LogP contribution >= 0.6 is 0 Å². The van der Waals surface area contributed by atoms with Gasteiger partial charge in [0.2, 0.25) is 5.91 Å². The Morgan fingerprint density at radius 3 is 2.51 bits per heavy atom. The highest BCUT2D eigenvalue weighted by atomic mass is 16.2. The molecule has 3 aromatic carbocycles. The minimum atomic E-state index is -0.617. The SMILES string of the molecule is CC(C)N[C@H](CCCCN1CCCCC1)C(=O)N[C@@H](Cc1cccc2ccccc12)C(=O)CCc1ccc2c(N)nccc2c1. The molecule has 0 spiro atoms. The fourth-order valence-corrected chi connectivity index (χ4v) is 6.62. The summed E-state index contributed by atoms with van der Waals surface area (Å²) in [7, 11) is 0. The maximum Gasteiger partial charge on any atom is 0.237 e. The molecule has 1 fully saturated rings. The zero-order chi connectivity index (χ0) is 31.6. The summed E-state index contributed by atoms with van der Waals surface area (Å²) < 4.78 is 0. The molecule has 7 nitrogen and oxygen atoms in total. The summed E-state index contributed by atoms with van der Waals surface area (Å²) in [5.41, 5.74) is 8.17. The summed E-state index contributed by atoms with van der Waals surface area (Å²) in [6.45, 7) is 7.61. The molecule has 1 amide bonds. The number of unbranched alkanes of at least 4 members (excludes halogenated alkanes) is 1. The molecule has 2 atom stereocenters. The average molecular weight is 608 g/mol. The van der Waals surface area contributed by atoms with Crippen LogP contribution in [0.25, 0.3) is 21.5 Å². The Bertz CT molecular complexity index is 1570. The highest BCUT2D eigenvalue weighted by Crippen LogP contribution is 2.23. The molecule has 0 saturated carbocycles. The number of likely N-dealkylation sites (tertiary alicyclic amines) is 1. The van der Waals surface area contributed by atoms with Gasteiger partial charge in [0.05, 0.1) is 12.1 Å². The van der Waals surface area contributed by atoms with Gasteiger partial charge in [-0.25, -0.2) is 4.98 Å². The standard InChI is InChI=1S/C38H49N5O2/c1-27(2)41-34(15-6-9-24-43-22-7-3-8-23-43)38(45)42-35(26-30-13-10-12-29-11-4-5-14-32(29)30)36(44)19-17-28-16-18-33-31(25-28)20-21-40-37(33)39/h4-5,10-14,16,18,20-21,25,27,34-35,41H,3,6-9,15,17,19,22-24,26H2,1-2H3,(H2,39,40)(H,42,45)/t34-,35+/m1/s1. The van der Waals surface area contributed by atoms with E-state index < -0.39 is 6.04 Å². The van der Waals surface area contributed by atoms with Gasteiger partial charge in [-0.3, -0.25) is 9.59 Å². The van der Waals surface area contributed by atoms with Crippen molar-refractivity contribution in [2.75, 3.05) is 25.4 Å². The molecule has 1 aliphatic heterocycles. The van der Waals surface area contributed by atoms with Gasteiger partial charge in [0, 0.05) is 30.5 Å². The molecule has 0 aliphatic carbocycles. The Kier molecular flexibility index (Phi) is 11.6. The van der Waals surface area contributed by atoms with Crippen molar-refractivity contribution in [1.29, 1.82) is 0 Å². The number of carbonyl (C=O) groups excluding carboxylic acids is 2. The number of Topliss-reactive ketones (excluding diaryl/α,β-unsaturated/α-hetero) is 1. The lowest BCUT2D eigenvalue weighted by atomic mass is 9.94. The van der Waals surface area contributed by atoms with E-state index in [1.54, 1.807) is 6.20 Å². The van der Waals surface area contributed by atoms with Crippen molar-refractivity contribution >= 4 is 39.1 Å². The van der Waals surface area contributed by atoms with Crippen molar-refractivity contribution in [2.45, 2.75) is 89.8 Å². The largest absolute Gasteiger partial charge is 0.383 e. The van der Waals surface area contributed by atoms with E-state index in [0.29, 0.717) is 25.1 Å². The molecule has 7 heteroatoms. The van der Waals surface area contributed by atoms with E-state index in [0.717, 1.165) is 58.5 Å². The van der Waals surface area contributed by atoms with Crippen LogP contribution in [-0.4, -0.2) is 59.3 Å². The van der Waals surface area contributed by atoms with Crippen LogP contribution in [0, 0.1) is 0 Å². The summed E-state index contributed by atoms with van der Waals surface area (Å²) >= 11 is 0. The van der Waals surface area contributed by atoms with Crippen molar-refractivity contribution in [3.05, 3.63) is 84.1 Å². The van der Waals surface area contributed by atoms with Crippen LogP contribution in [0.5, 0.6) is 0 Å². The number of pyridine rings is 1. The molecule has 1 aromatic heterocycles. The monoisotopic (exact) mass is 607 g/mol. The second kappa shape index (κ2) is 16.0. The van der Waals surface area contributed by atoms with Crippen molar-refractivity contribution in [3.63, 3.8) is 0 Å². The number of benzene rings is 3. The second-order valence-electron chi connectivity index (χ2n) is 12.9. The first-order chi connectivity index (χ1) is 21.9. The lowest BCUT2D eigenvalue weighted by Gasteiger charge is -2.27. The number of nitrogen functional groups attached to an aromatic ring is 1. The Morgan fingerprint density at radius 2 is 1.69 bits per heavy atom. The Labute approximate surface area is 268 Å². The normalized spacial score (nSPS) is 15.4. The lowest BCUT2D eigenvalue weighted by molar-refractivity contribution is -0.129. The summed E-state index contributed by atoms with van der Waals surface area (Å²) in [5.74, 6) is 0.456. The number of piperidine rings is 1. The average Bonchev–Trinajstić information content (AvgIpc) is 3.05. The number of nitrogens with one attached hydrogen (secondary N) is 2. The van der Waals surface area contributed by atoms with E-state index in [1.165, 1.54) is 32.4 Å². The molecule has 0 radical (unpaired) electrons. The quantitative estimate of drug-likeness (QED) is 0.139. The van der Waals surface area contributed by atoms with Gasteiger partial charge < -0.3 is 21.3 Å². The molecule has 4 aromatic rings. The molecule has 1 saturated heterocycles. The van der Waals surface area contributed by atoms with E-state index in [-0.39, 0.29) is 23.8 Å². The van der Waals surface area contributed by atoms with E-state index in [4.69, 9.17) is 5.73 Å². The number of ketones is 1. The topological polar surface area (TPSA) is 100 Å². The van der Waals surface area contributed by atoms with Gasteiger partial charge in [-0.05, 0) is 85.1 Å². The van der Waals surface area contributed by atoms with Crippen molar-refractivity contribution in [1.82, 2.24) is 20.5 Å². The number of anilines is 1. The number of nitrogens with two attached hydrogens (primary N) is 1. The van der Waals surface area contributed by atoms with Crippen molar-refractivity contribution < 1.29 is 9.59 Å².